The fourth-order valence-electron chi connectivity index (χ4n) is 7.51. The molecule has 0 saturated carbocycles. The summed E-state index contributed by atoms with van der Waals surface area (Å²) in [6.07, 6.45) is 6.94. The average Bonchev–Trinajstić information content (AvgIpc) is 3.40. The van der Waals surface area contributed by atoms with Crippen LogP contribution < -0.4 is 10.4 Å². The van der Waals surface area contributed by atoms with E-state index in [1.54, 1.807) is 0 Å². The van der Waals surface area contributed by atoms with E-state index < -0.39 is 8.07 Å². The van der Waals surface area contributed by atoms with Crippen LogP contribution in [0.3, 0.4) is 0 Å². The Morgan fingerprint density at radius 3 is 2.17 bits per heavy atom. The van der Waals surface area contributed by atoms with Crippen molar-refractivity contribution in [3.8, 4) is 16.9 Å². The smallest absolute Gasteiger partial charge is 0.162 e. The van der Waals surface area contributed by atoms with E-state index in [1.165, 1.54) is 54.7 Å². The van der Waals surface area contributed by atoms with Gasteiger partial charge < -0.3 is 14.7 Å². The first-order valence-corrected chi connectivity index (χ1v) is 20.1. The van der Waals surface area contributed by atoms with Gasteiger partial charge in [-0.3, -0.25) is 4.79 Å². The van der Waals surface area contributed by atoms with Gasteiger partial charge in [-0.2, -0.15) is 0 Å². The molecule has 6 aromatic rings. The largest absolute Gasteiger partial charge is 0.512 e. The van der Waals surface area contributed by atoms with E-state index in [2.05, 4.69) is 109 Å². The van der Waals surface area contributed by atoms with E-state index in [9.17, 15) is 9.90 Å². The average molecular weight is 830 g/mol. The van der Waals surface area contributed by atoms with Crippen LogP contribution in [-0.4, -0.2) is 28.5 Å². The Balaban J connectivity index is 0.000000243. The number of nitrogens with zero attached hydrogens (tertiary/aromatic N) is 2. The molecule has 1 aliphatic heterocycles. The van der Waals surface area contributed by atoms with E-state index in [1.807, 2.05) is 33.9 Å². The zero-order valence-electron chi connectivity index (χ0n) is 28.8. The zero-order valence-corrected chi connectivity index (χ0v) is 32.2. The van der Waals surface area contributed by atoms with Crippen LogP contribution in [0.25, 0.3) is 49.5 Å². The first-order valence-electron chi connectivity index (χ1n) is 17.1. The minimum Gasteiger partial charge on any atom is -0.512 e. The van der Waals surface area contributed by atoms with E-state index in [0.717, 1.165) is 36.9 Å². The predicted octanol–water partition coefficient (Wildman–Crippen LogP) is 9.80. The van der Waals surface area contributed by atoms with Gasteiger partial charge >= 0.3 is 0 Å². The van der Waals surface area contributed by atoms with Crippen molar-refractivity contribution >= 4 is 56.8 Å². The molecule has 7 rings (SSSR count). The van der Waals surface area contributed by atoms with Crippen molar-refractivity contribution in [3.05, 3.63) is 109 Å². The Morgan fingerprint density at radius 1 is 0.833 bits per heavy atom. The van der Waals surface area contributed by atoms with Gasteiger partial charge in [0.15, 0.2) is 5.78 Å². The summed E-state index contributed by atoms with van der Waals surface area (Å²) in [5.74, 6) is 0.547. The van der Waals surface area contributed by atoms with Crippen molar-refractivity contribution in [1.29, 1.82) is 0 Å². The SMILES string of the molecule is CCC(CC)C(=O)/C=C(\O)C(CC)CC.C[Si]1(C)c2c(ncc3ccccc23)-c2[c-]ccc3c2c2c1cccc2n3-c1ccccc1.[Ir]. The number of aliphatic hydroxyl groups excluding tert-OH is 1. The molecule has 0 saturated heterocycles. The van der Waals surface area contributed by atoms with E-state index in [4.69, 9.17) is 4.98 Å². The number of allylic oxidation sites excluding steroid dienone is 2. The molecule has 1 radical (unpaired) electrons. The number of hydrogen-bond donors (Lipinski definition) is 1. The number of aliphatic hydroxyl groups is 1. The number of fused-ring (bicyclic) bond motifs is 4. The van der Waals surface area contributed by atoms with Crippen LogP contribution in [0.2, 0.25) is 13.1 Å². The van der Waals surface area contributed by atoms with E-state index in [0.29, 0.717) is 0 Å². The van der Waals surface area contributed by atoms with Gasteiger partial charge in [0.2, 0.25) is 0 Å². The second-order valence-corrected chi connectivity index (χ2v) is 17.5. The molecule has 4 nitrogen and oxygen atoms in total. The summed E-state index contributed by atoms with van der Waals surface area (Å²) in [4.78, 5) is 16.8. The van der Waals surface area contributed by atoms with Crippen LogP contribution >= 0.6 is 0 Å². The van der Waals surface area contributed by atoms with Crippen LogP contribution in [0.4, 0.5) is 0 Å². The summed E-state index contributed by atoms with van der Waals surface area (Å²) >= 11 is 0. The number of aromatic nitrogens is 2. The van der Waals surface area contributed by atoms with Crippen molar-refractivity contribution in [3.63, 3.8) is 0 Å². The fourth-order valence-corrected chi connectivity index (χ4v) is 10.9. The van der Waals surface area contributed by atoms with Gasteiger partial charge in [-0.15, -0.1) is 23.8 Å². The van der Waals surface area contributed by atoms with Gasteiger partial charge in [0.25, 0.3) is 0 Å². The maximum absolute atomic E-state index is 11.7. The summed E-state index contributed by atoms with van der Waals surface area (Å²) < 4.78 is 2.40. The molecule has 0 amide bonds. The number of carbonyl (C=O) groups is 1. The number of benzene rings is 4. The topological polar surface area (TPSA) is 55.1 Å². The Labute approximate surface area is 299 Å². The molecule has 0 aliphatic carbocycles. The zero-order chi connectivity index (χ0) is 33.3. The molecular weight excluding hydrogens is 785 g/mol. The van der Waals surface area contributed by atoms with Gasteiger partial charge in [0.1, 0.15) is 8.07 Å². The van der Waals surface area contributed by atoms with Gasteiger partial charge in [-0.1, -0.05) is 111 Å². The molecule has 249 valence electrons. The van der Waals surface area contributed by atoms with Crippen LogP contribution in [0, 0.1) is 17.9 Å². The number of hydrogen-bond acceptors (Lipinski definition) is 3. The van der Waals surface area contributed by atoms with Crippen molar-refractivity contribution in [1.82, 2.24) is 9.55 Å². The summed E-state index contributed by atoms with van der Waals surface area (Å²) in [7, 11) is -2.08. The third-order valence-electron chi connectivity index (χ3n) is 10.2. The van der Waals surface area contributed by atoms with Crippen LogP contribution in [-0.2, 0) is 24.9 Å². The van der Waals surface area contributed by atoms with Crippen molar-refractivity contribution in [2.24, 2.45) is 11.8 Å². The molecule has 6 heteroatoms. The van der Waals surface area contributed by atoms with Gasteiger partial charge in [-0.05, 0) is 71.3 Å². The Kier molecular flexibility index (Phi) is 10.9. The normalized spacial score (nSPS) is 13.4. The monoisotopic (exact) mass is 830 g/mol. The Hall–Kier alpha value is -3.83. The Bertz CT molecular complexity index is 2110. The van der Waals surface area contributed by atoms with Gasteiger partial charge in [0.05, 0.1) is 5.76 Å². The van der Waals surface area contributed by atoms with Crippen LogP contribution in [0.1, 0.15) is 53.4 Å². The van der Waals surface area contributed by atoms with Gasteiger partial charge in [0, 0.05) is 55.4 Å². The predicted molar refractivity (Wildman–Crippen MR) is 201 cm³/mol. The molecule has 4 aromatic carbocycles. The number of rotatable bonds is 8. The Morgan fingerprint density at radius 2 is 1.48 bits per heavy atom. The second kappa shape index (κ2) is 14.7. The number of para-hydroxylation sites is 1. The molecule has 0 fully saturated rings. The molecular formula is C42H45IrN2O2Si-. The van der Waals surface area contributed by atoms with Crippen LogP contribution in [0.5, 0.6) is 0 Å². The third kappa shape index (κ3) is 6.11. The molecule has 48 heavy (non-hydrogen) atoms. The minimum atomic E-state index is -2.08. The molecule has 0 spiro atoms. The van der Waals surface area contributed by atoms with Crippen molar-refractivity contribution < 1.29 is 30.0 Å². The number of carbonyl (C=O) groups excluding carboxylic acids is 1. The molecule has 1 aliphatic rings. The molecule has 0 atom stereocenters. The minimum absolute atomic E-state index is 0. The number of pyridine rings is 1. The standard InChI is InChI=1S/C29H21N2Si.C13H24O2.Ir/c1-32(2)25-17-9-16-24-27(25)26-22(28-29(32)21-13-7-6-10-19(21)18-30-28)14-8-15-23(26)31(24)20-11-4-3-5-12-20;1-5-10(6-2)12(14)9-13(15)11(7-3)8-4;/h3-13,15-18H,1-2H3;9-11,14H,5-8H2,1-4H3;/q-1;;/b;12-9-;. The van der Waals surface area contributed by atoms with E-state index in [-0.39, 0.29) is 43.5 Å². The maximum Gasteiger partial charge on any atom is 0.162 e. The van der Waals surface area contributed by atoms with E-state index >= 15 is 0 Å². The summed E-state index contributed by atoms with van der Waals surface area (Å²) in [5.41, 5.74) is 5.92. The maximum atomic E-state index is 11.7. The molecule has 2 aromatic heterocycles. The molecule has 3 heterocycles. The van der Waals surface area contributed by atoms with Crippen molar-refractivity contribution in [2.45, 2.75) is 66.5 Å². The van der Waals surface area contributed by atoms with Crippen molar-refractivity contribution in [2.75, 3.05) is 0 Å². The summed E-state index contributed by atoms with van der Waals surface area (Å²) in [5, 5.41) is 17.9. The molecule has 0 bridgehead atoms. The third-order valence-corrected chi connectivity index (χ3v) is 13.7. The molecule has 0 unspecified atom stereocenters. The first-order chi connectivity index (χ1) is 22.8. The number of ketones is 1. The summed E-state index contributed by atoms with van der Waals surface area (Å²) in [6, 6.07) is 34.1. The fraction of sp³-hybridized carbons (Fsp3) is 0.286. The quantitative estimate of drug-likeness (QED) is 0.0720. The molecule has 1 N–H and O–H groups in total. The van der Waals surface area contributed by atoms with Crippen LogP contribution in [0.15, 0.2) is 103 Å². The summed E-state index contributed by atoms with van der Waals surface area (Å²) in [6.45, 7) is 13.0. The first kappa shape index (κ1) is 35.5. The van der Waals surface area contributed by atoms with Gasteiger partial charge in [-0.25, -0.2) is 0 Å². The second-order valence-electron chi connectivity index (χ2n) is 13.2.